The quantitative estimate of drug-likeness (QED) is 0.843. The Kier molecular flexibility index (Phi) is 5.16. The molecule has 4 nitrogen and oxygen atoms in total. The summed E-state index contributed by atoms with van der Waals surface area (Å²) in [6, 6.07) is 15.1. The second-order valence-corrected chi connectivity index (χ2v) is 6.74. The topological polar surface area (TPSA) is 58.4 Å². The minimum absolute atomic E-state index is 0.112. The van der Waals surface area contributed by atoms with Crippen LogP contribution >= 0.6 is 0 Å². The Bertz CT molecular complexity index is 688. The van der Waals surface area contributed by atoms with E-state index < -0.39 is 0 Å². The molecule has 0 unspecified atom stereocenters. The van der Waals surface area contributed by atoms with Gasteiger partial charge in [-0.3, -0.25) is 9.69 Å². The summed E-state index contributed by atoms with van der Waals surface area (Å²) in [4.78, 5) is 14.8. The molecule has 1 amide bonds. The van der Waals surface area contributed by atoms with E-state index in [1.54, 1.807) is 12.1 Å². The number of amides is 1. The summed E-state index contributed by atoms with van der Waals surface area (Å²) in [7, 11) is 0. The first-order chi connectivity index (χ1) is 11.6. The highest BCUT2D eigenvalue weighted by molar-refractivity contribution is 6.04. The number of nitrogens with one attached hydrogen (secondary N) is 1. The Labute approximate surface area is 143 Å². The van der Waals surface area contributed by atoms with Crippen LogP contribution in [0.3, 0.4) is 0 Å². The van der Waals surface area contributed by atoms with E-state index in [9.17, 15) is 4.79 Å². The Balaban J connectivity index is 1.58. The fourth-order valence-corrected chi connectivity index (χ4v) is 3.06. The maximum absolute atomic E-state index is 12.3. The van der Waals surface area contributed by atoms with E-state index in [1.165, 1.54) is 31.5 Å². The number of carbonyl (C=O) groups excluding carboxylic acids is 1. The van der Waals surface area contributed by atoms with Gasteiger partial charge < -0.3 is 11.1 Å². The summed E-state index contributed by atoms with van der Waals surface area (Å²) >= 11 is 0. The lowest BCUT2D eigenvalue weighted by Gasteiger charge is -2.30. The Morgan fingerprint density at radius 2 is 1.88 bits per heavy atom. The van der Waals surface area contributed by atoms with Crippen molar-refractivity contribution in [1.82, 2.24) is 4.90 Å². The summed E-state index contributed by atoms with van der Waals surface area (Å²) in [6.07, 6.45) is 2.56. The van der Waals surface area contributed by atoms with Gasteiger partial charge in [-0.15, -0.1) is 0 Å². The molecule has 0 radical (unpaired) electrons. The second-order valence-electron chi connectivity index (χ2n) is 6.74. The zero-order valence-electron chi connectivity index (χ0n) is 14.2. The third-order valence-corrected chi connectivity index (χ3v) is 4.64. The van der Waals surface area contributed by atoms with Crippen LogP contribution in [0.15, 0.2) is 48.5 Å². The smallest absolute Gasteiger partial charge is 0.255 e. The molecular weight excluding hydrogens is 298 g/mol. The molecule has 1 fully saturated rings. The van der Waals surface area contributed by atoms with Gasteiger partial charge >= 0.3 is 0 Å². The third-order valence-electron chi connectivity index (χ3n) is 4.64. The highest BCUT2D eigenvalue weighted by atomic mass is 16.1. The fraction of sp³-hybridized carbons (Fsp3) is 0.350. The van der Waals surface area contributed by atoms with Gasteiger partial charge in [0.25, 0.3) is 5.91 Å². The monoisotopic (exact) mass is 323 g/mol. The number of rotatable bonds is 4. The van der Waals surface area contributed by atoms with Gasteiger partial charge in [0.05, 0.1) is 0 Å². The van der Waals surface area contributed by atoms with Crippen molar-refractivity contribution in [1.29, 1.82) is 0 Å². The largest absolute Gasteiger partial charge is 0.399 e. The zero-order chi connectivity index (χ0) is 16.9. The number of hydrogen-bond donors (Lipinski definition) is 2. The number of carbonyl (C=O) groups is 1. The van der Waals surface area contributed by atoms with Crippen molar-refractivity contribution in [2.24, 2.45) is 5.92 Å². The molecule has 1 aliphatic heterocycles. The lowest BCUT2D eigenvalue weighted by Crippen LogP contribution is -2.32. The number of nitrogens with zero attached hydrogens (tertiary/aromatic N) is 1. The van der Waals surface area contributed by atoms with E-state index in [0.717, 1.165) is 12.5 Å². The van der Waals surface area contributed by atoms with Crippen LogP contribution in [0.2, 0.25) is 0 Å². The highest BCUT2D eigenvalue weighted by Crippen LogP contribution is 2.19. The molecule has 3 rings (SSSR count). The summed E-state index contributed by atoms with van der Waals surface area (Å²) in [6.45, 7) is 5.62. The average Bonchev–Trinajstić information content (AvgIpc) is 2.57. The highest BCUT2D eigenvalue weighted by Gasteiger charge is 2.15. The maximum atomic E-state index is 12.3. The predicted octanol–water partition coefficient (Wildman–Crippen LogP) is 3.75. The van der Waals surface area contributed by atoms with Crippen molar-refractivity contribution in [2.45, 2.75) is 26.3 Å². The van der Waals surface area contributed by atoms with Crippen LogP contribution < -0.4 is 11.1 Å². The minimum atomic E-state index is -0.112. The first-order valence-corrected chi connectivity index (χ1v) is 8.58. The molecule has 3 N–H and O–H groups in total. The number of nitrogens with two attached hydrogens (primary N) is 1. The zero-order valence-corrected chi connectivity index (χ0v) is 14.2. The first-order valence-electron chi connectivity index (χ1n) is 8.58. The Hall–Kier alpha value is -2.33. The van der Waals surface area contributed by atoms with Gasteiger partial charge in [0, 0.05) is 23.5 Å². The molecule has 1 aliphatic rings. The van der Waals surface area contributed by atoms with Gasteiger partial charge in [-0.05, 0) is 67.7 Å². The van der Waals surface area contributed by atoms with Gasteiger partial charge in [0.15, 0.2) is 0 Å². The molecule has 24 heavy (non-hydrogen) atoms. The molecule has 2 aromatic carbocycles. The molecule has 2 aromatic rings. The SMILES string of the molecule is CC1CCN(Cc2ccc(C(=O)Nc3cccc(N)c3)cc2)CC1. The molecule has 1 saturated heterocycles. The Morgan fingerprint density at radius 3 is 2.54 bits per heavy atom. The standard InChI is InChI=1S/C20H25N3O/c1-15-9-11-23(12-10-15)14-16-5-7-17(8-6-16)20(24)22-19-4-2-3-18(21)13-19/h2-8,13,15H,9-12,14,21H2,1H3,(H,22,24). The van der Waals surface area contributed by atoms with E-state index in [2.05, 4.69) is 17.1 Å². The van der Waals surface area contributed by atoms with Crippen LogP contribution in [-0.4, -0.2) is 23.9 Å². The van der Waals surface area contributed by atoms with Gasteiger partial charge in [-0.2, -0.15) is 0 Å². The molecule has 0 bridgehead atoms. The van der Waals surface area contributed by atoms with Gasteiger partial charge in [-0.25, -0.2) is 0 Å². The molecule has 0 aliphatic carbocycles. The first kappa shape index (κ1) is 16.5. The molecule has 0 aromatic heterocycles. The van der Waals surface area contributed by atoms with Crippen molar-refractivity contribution >= 4 is 17.3 Å². The molecular formula is C20H25N3O. The maximum Gasteiger partial charge on any atom is 0.255 e. The van der Waals surface area contributed by atoms with Gasteiger partial charge in [0.1, 0.15) is 0 Å². The van der Waals surface area contributed by atoms with E-state index in [4.69, 9.17) is 5.73 Å². The number of likely N-dealkylation sites (tertiary alicyclic amines) is 1. The number of hydrogen-bond acceptors (Lipinski definition) is 3. The molecule has 126 valence electrons. The number of anilines is 2. The van der Waals surface area contributed by atoms with Crippen LogP contribution in [0.4, 0.5) is 11.4 Å². The lowest BCUT2D eigenvalue weighted by molar-refractivity contribution is 0.102. The van der Waals surface area contributed by atoms with E-state index in [1.807, 2.05) is 36.4 Å². The van der Waals surface area contributed by atoms with Crippen LogP contribution in [0, 0.1) is 5.92 Å². The predicted molar refractivity (Wildman–Crippen MR) is 98.9 cm³/mol. The summed E-state index contributed by atoms with van der Waals surface area (Å²) in [5.74, 6) is 0.735. The Morgan fingerprint density at radius 1 is 1.17 bits per heavy atom. The van der Waals surface area contributed by atoms with Gasteiger partial charge in [0.2, 0.25) is 0 Å². The van der Waals surface area contributed by atoms with E-state index >= 15 is 0 Å². The van der Waals surface area contributed by atoms with E-state index in [-0.39, 0.29) is 5.91 Å². The lowest BCUT2D eigenvalue weighted by atomic mass is 9.99. The van der Waals surface area contributed by atoms with Crippen molar-refractivity contribution in [2.75, 3.05) is 24.1 Å². The molecule has 4 heteroatoms. The molecule has 0 atom stereocenters. The third kappa shape index (κ3) is 4.36. The average molecular weight is 323 g/mol. The second kappa shape index (κ2) is 7.49. The summed E-state index contributed by atoms with van der Waals surface area (Å²) in [5, 5.41) is 2.88. The number of nitrogen functional groups attached to an aromatic ring is 1. The minimum Gasteiger partial charge on any atom is -0.399 e. The van der Waals surface area contributed by atoms with Gasteiger partial charge in [-0.1, -0.05) is 25.1 Å². The van der Waals surface area contributed by atoms with Crippen molar-refractivity contribution in [3.05, 3.63) is 59.7 Å². The normalized spacial score (nSPS) is 16.0. The summed E-state index contributed by atoms with van der Waals surface area (Å²) in [5.41, 5.74) is 9.00. The van der Waals surface area contributed by atoms with Crippen LogP contribution in [-0.2, 0) is 6.54 Å². The molecule has 0 spiro atoms. The van der Waals surface area contributed by atoms with Crippen molar-refractivity contribution in [3.8, 4) is 0 Å². The van der Waals surface area contributed by atoms with Crippen molar-refractivity contribution in [3.63, 3.8) is 0 Å². The van der Waals surface area contributed by atoms with Crippen LogP contribution in [0.1, 0.15) is 35.7 Å². The number of piperidine rings is 1. The van der Waals surface area contributed by atoms with Crippen LogP contribution in [0.25, 0.3) is 0 Å². The van der Waals surface area contributed by atoms with Crippen molar-refractivity contribution < 1.29 is 4.79 Å². The molecule has 0 saturated carbocycles. The fourth-order valence-electron chi connectivity index (χ4n) is 3.06. The number of benzene rings is 2. The summed E-state index contributed by atoms with van der Waals surface area (Å²) < 4.78 is 0. The van der Waals surface area contributed by atoms with Crippen LogP contribution in [0.5, 0.6) is 0 Å². The van der Waals surface area contributed by atoms with E-state index in [0.29, 0.717) is 16.9 Å². The molecule has 1 heterocycles.